The van der Waals surface area contributed by atoms with Crippen molar-refractivity contribution in [2.75, 3.05) is 0 Å². The number of rotatable bonds is 7. The van der Waals surface area contributed by atoms with E-state index in [0.29, 0.717) is 0 Å². The summed E-state index contributed by atoms with van der Waals surface area (Å²) >= 11 is 0. The Labute approximate surface area is 258 Å². The average Bonchev–Trinajstić information content (AvgIpc) is 2.64. The molecule has 10 heteroatoms. The van der Waals surface area contributed by atoms with Crippen LogP contribution in [-0.2, 0) is 19.1 Å². The summed E-state index contributed by atoms with van der Waals surface area (Å²) in [6.07, 6.45) is -4.79. The van der Waals surface area contributed by atoms with Crippen molar-refractivity contribution >= 4 is 23.9 Å². The number of carboxylic acid groups (broad SMARTS) is 2. The molecule has 0 aromatic heterocycles. The fourth-order valence-corrected chi connectivity index (χ4v) is 2.21. The molecule has 0 aliphatic rings. The molecule has 2 atom stereocenters. The summed E-state index contributed by atoms with van der Waals surface area (Å²) < 4.78 is 9.44. The van der Waals surface area contributed by atoms with Crippen molar-refractivity contribution in [1.82, 2.24) is 0 Å². The van der Waals surface area contributed by atoms with Gasteiger partial charge in [-0.3, -0.25) is 0 Å². The normalized spacial score (nSPS) is 11.7. The molecule has 0 bridgehead atoms. The molecule has 8 nitrogen and oxygen atoms in total. The molecule has 0 radical (unpaired) electrons. The van der Waals surface area contributed by atoms with Gasteiger partial charge in [0.25, 0.3) is 0 Å². The Morgan fingerprint density at radius 1 is 0.633 bits per heavy atom. The number of benzene rings is 2. The van der Waals surface area contributed by atoms with Crippen molar-refractivity contribution in [3.05, 3.63) is 70.8 Å². The minimum Gasteiger partial charge on any atom is -0.546 e. The van der Waals surface area contributed by atoms with Gasteiger partial charge in [-0.15, -0.1) is 0 Å². The van der Waals surface area contributed by atoms with Crippen molar-refractivity contribution in [2.24, 2.45) is 0 Å². The number of aliphatic carboxylic acids is 2. The third-order valence-corrected chi connectivity index (χ3v) is 3.78. The molecule has 2 rings (SSSR count). The molecule has 0 heterocycles. The van der Waals surface area contributed by atoms with Crippen molar-refractivity contribution in [1.29, 1.82) is 0 Å². The van der Waals surface area contributed by atoms with E-state index in [0.717, 1.165) is 11.1 Å². The number of ether oxygens (including phenoxy) is 2. The predicted octanol–water partition coefficient (Wildman–Crippen LogP) is -6.44. The summed E-state index contributed by atoms with van der Waals surface area (Å²) in [4.78, 5) is 47.0. The Kier molecular flexibility index (Phi) is 13.7. The second kappa shape index (κ2) is 13.9. The first kappa shape index (κ1) is 29.6. The van der Waals surface area contributed by atoms with Gasteiger partial charge in [0.1, 0.15) is 0 Å². The molecular weight excluding hydrogens is 446 g/mol. The van der Waals surface area contributed by atoms with Crippen molar-refractivity contribution in [2.45, 2.75) is 26.1 Å². The van der Waals surface area contributed by atoms with Gasteiger partial charge in [-0.25, -0.2) is 9.59 Å². The molecule has 0 N–H and O–H groups in total. The van der Waals surface area contributed by atoms with E-state index < -0.39 is 36.1 Å². The van der Waals surface area contributed by atoms with Crippen LogP contribution in [0.4, 0.5) is 0 Å². The van der Waals surface area contributed by atoms with Gasteiger partial charge in [0.05, 0.1) is 23.1 Å². The molecule has 0 fully saturated rings. The number of hydrogen-bond acceptors (Lipinski definition) is 8. The van der Waals surface area contributed by atoms with Gasteiger partial charge >= 0.3 is 115 Å². The molecule has 2 aromatic rings. The van der Waals surface area contributed by atoms with E-state index in [2.05, 4.69) is 0 Å². The number of carbonyl (C=O) groups excluding carboxylic acids is 4. The third-order valence-electron chi connectivity index (χ3n) is 3.78. The first-order valence-electron chi connectivity index (χ1n) is 8.16. The molecule has 30 heavy (non-hydrogen) atoms. The Hall–Kier alpha value is -0.407. The van der Waals surface area contributed by atoms with Gasteiger partial charge in [0, 0.05) is 0 Å². The molecule has 0 saturated carbocycles. The van der Waals surface area contributed by atoms with Gasteiger partial charge in [0.15, 0.2) is 12.2 Å². The fraction of sp³-hybridized carbons (Fsp3) is 0.200. The molecule has 0 saturated heterocycles. The Morgan fingerprint density at radius 3 is 1.13 bits per heavy atom. The predicted molar refractivity (Wildman–Crippen MR) is 90.8 cm³/mol. The van der Waals surface area contributed by atoms with Gasteiger partial charge < -0.3 is 29.3 Å². The standard InChI is InChI=1S/C20H18O8.2K/c1-11-3-7-13(8-4-11)19(25)27-15(17(21)22)16(18(23)24)28-20(26)14-9-5-12(2)6-10-14;;/h3-10,15-16H,1-2H3,(H,21,22)(H,23,24);;/q;2*+1/p-2/t15-,16-;;/m1../s1. The van der Waals surface area contributed by atoms with Crippen LogP contribution in [0.15, 0.2) is 48.5 Å². The Bertz CT molecular complexity index is 819. The summed E-state index contributed by atoms with van der Waals surface area (Å²) in [5.41, 5.74) is 1.65. The smallest absolute Gasteiger partial charge is 0.546 e. The van der Waals surface area contributed by atoms with Crippen molar-refractivity contribution < 1.29 is 142 Å². The maximum atomic E-state index is 12.1. The van der Waals surface area contributed by atoms with Crippen molar-refractivity contribution in [3.8, 4) is 0 Å². The van der Waals surface area contributed by atoms with E-state index in [-0.39, 0.29) is 114 Å². The van der Waals surface area contributed by atoms with Crippen LogP contribution in [0.3, 0.4) is 0 Å². The summed E-state index contributed by atoms with van der Waals surface area (Å²) in [6, 6.07) is 11.8. The molecule has 0 unspecified atom stereocenters. The maximum absolute atomic E-state index is 12.1. The topological polar surface area (TPSA) is 133 Å². The van der Waals surface area contributed by atoms with Crippen LogP contribution in [0.2, 0.25) is 0 Å². The van der Waals surface area contributed by atoms with Crippen LogP contribution in [0.1, 0.15) is 31.8 Å². The van der Waals surface area contributed by atoms with E-state index in [1.807, 2.05) is 0 Å². The summed E-state index contributed by atoms with van der Waals surface area (Å²) in [7, 11) is 0. The zero-order valence-corrected chi connectivity index (χ0v) is 23.3. The van der Waals surface area contributed by atoms with Crippen molar-refractivity contribution in [3.63, 3.8) is 0 Å². The molecule has 0 aliphatic carbocycles. The van der Waals surface area contributed by atoms with Gasteiger partial charge in [-0.1, -0.05) is 35.4 Å². The maximum Gasteiger partial charge on any atom is 1.00 e. The minimum absolute atomic E-state index is 0. The van der Waals surface area contributed by atoms with E-state index in [4.69, 9.17) is 9.47 Å². The largest absolute Gasteiger partial charge is 1.00 e. The zero-order chi connectivity index (χ0) is 20.8. The van der Waals surface area contributed by atoms with E-state index >= 15 is 0 Å². The molecule has 2 aromatic carbocycles. The average molecular weight is 463 g/mol. The molecule has 0 amide bonds. The van der Waals surface area contributed by atoms with Crippen LogP contribution in [0.5, 0.6) is 0 Å². The Balaban J connectivity index is 0.00000420. The summed E-state index contributed by atoms with van der Waals surface area (Å²) in [5.74, 6) is -6.34. The zero-order valence-electron chi connectivity index (χ0n) is 17.0. The quantitative estimate of drug-likeness (QED) is 0.293. The second-order valence-electron chi connectivity index (χ2n) is 6.02. The van der Waals surface area contributed by atoms with Crippen LogP contribution in [0.25, 0.3) is 0 Å². The number of aryl methyl sites for hydroxylation is 2. The van der Waals surface area contributed by atoms with Crippen LogP contribution in [0, 0.1) is 13.8 Å². The SMILES string of the molecule is Cc1ccc(C(=O)O[C@@H](C(=O)[O-])[C@@H](OC(=O)c2ccc(C)cc2)C(=O)[O-])cc1.[K+].[K+]. The second-order valence-corrected chi connectivity index (χ2v) is 6.02. The number of carboxylic acids is 2. The van der Waals surface area contributed by atoms with Crippen LogP contribution >= 0.6 is 0 Å². The first-order chi connectivity index (χ1) is 13.2. The Morgan fingerprint density at radius 2 is 0.900 bits per heavy atom. The molecular formula is C20H16K2O8. The molecule has 0 aliphatic heterocycles. The third kappa shape index (κ3) is 8.61. The minimum atomic E-state index is -2.40. The fourth-order valence-electron chi connectivity index (χ4n) is 2.21. The first-order valence-corrected chi connectivity index (χ1v) is 8.16. The van der Waals surface area contributed by atoms with Gasteiger partial charge in [0.2, 0.25) is 0 Å². The van der Waals surface area contributed by atoms with Crippen LogP contribution in [-0.4, -0.2) is 36.1 Å². The summed E-state index contributed by atoms with van der Waals surface area (Å²) in [5, 5.41) is 22.7. The van der Waals surface area contributed by atoms with E-state index in [9.17, 15) is 29.4 Å². The number of carbonyl (C=O) groups is 4. The van der Waals surface area contributed by atoms with E-state index in [1.165, 1.54) is 24.3 Å². The van der Waals surface area contributed by atoms with Crippen LogP contribution < -0.4 is 113 Å². The van der Waals surface area contributed by atoms with Gasteiger partial charge in [-0.2, -0.15) is 0 Å². The number of hydrogen-bond donors (Lipinski definition) is 0. The molecule has 146 valence electrons. The van der Waals surface area contributed by atoms with Gasteiger partial charge in [-0.05, 0) is 38.1 Å². The summed E-state index contributed by atoms with van der Waals surface area (Å²) in [6.45, 7) is 3.55. The monoisotopic (exact) mass is 462 g/mol. The number of esters is 2. The van der Waals surface area contributed by atoms with E-state index in [1.54, 1.807) is 38.1 Å². The molecule has 0 spiro atoms.